The van der Waals surface area contributed by atoms with E-state index in [9.17, 15) is 4.79 Å². The highest BCUT2D eigenvalue weighted by Crippen LogP contribution is 2.29. The number of rotatable bonds is 4. The van der Waals surface area contributed by atoms with E-state index in [0.717, 1.165) is 25.4 Å². The van der Waals surface area contributed by atoms with Crippen LogP contribution in [-0.2, 0) is 4.79 Å². The van der Waals surface area contributed by atoms with Gasteiger partial charge in [0.25, 0.3) is 5.22 Å². The van der Waals surface area contributed by atoms with E-state index in [1.165, 1.54) is 0 Å². The van der Waals surface area contributed by atoms with Gasteiger partial charge in [0.05, 0.1) is 5.56 Å². The number of hydrogen-bond acceptors (Lipinski definition) is 5. The van der Waals surface area contributed by atoms with Crippen LogP contribution in [0.2, 0.25) is 0 Å². The van der Waals surface area contributed by atoms with Gasteiger partial charge in [0.1, 0.15) is 5.75 Å². The van der Waals surface area contributed by atoms with Crippen molar-refractivity contribution in [2.24, 2.45) is 0 Å². The third-order valence-corrected chi connectivity index (χ3v) is 4.12. The molecule has 8 heteroatoms. The molecule has 0 fully saturated rings. The van der Waals surface area contributed by atoms with E-state index >= 15 is 0 Å². The predicted octanol–water partition coefficient (Wildman–Crippen LogP) is 3.28. The van der Waals surface area contributed by atoms with Gasteiger partial charge in [0.15, 0.2) is 0 Å². The van der Waals surface area contributed by atoms with Gasteiger partial charge >= 0.3 is 5.97 Å². The molecule has 1 N–H and O–H groups in total. The first-order valence-electron chi connectivity index (χ1n) is 4.70. The average molecular weight is 441 g/mol. The van der Waals surface area contributed by atoms with Gasteiger partial charge in [-0.3, -0.25) is 4.79 Å². The zero-order valence-corrected chi connectivity index (χ0v) is 13.3. The summed E-state index contributed by atoms with van der Waals surface area (Å²) in [6.45, 7) is 0. The molecule has 0 atom stereocenters. The highest BCUT2D eigenvalue weighted by Gasteiger charge is 2.13. The summed E-state index contributed by atoms with van der Waals surface area (Å²) < 4.78 is 7.30. The van der Waals surface area contributed by atoms with Gasteiger partial charge in [-0.25, -0.2) is 0 Å². The zero-order chi connectivity index (χ0) is 13.1. The first-order chi connectivity index (χ1) is 8.56. The van der Waals surface area contributed by atoms with Gasteiger partial charge in [-0.2, -0.15) is 0 Å². The fourth-order valence-corrected chi connectivity index (χ4v) is 2.57. The van der Waals surface area contributed by atoms with Crippen molar-refractivity contribution in [2.45, 2.75) is 5.22 Å². The Morgan fingerprint density at radius 3 is 3.00 bits per heavy atom. The van der Waals surface area contributed by atoms with Crippen molar-refractivity contribution in [3.05, 3.63) is 26.2 Å². The Bertz CT molecular complexity index is 590. The van der Waals surface area contributed by atoms with Crippen LogP contribution in [0, 0.1) is 3.57 Å². The molecular formula is C10H6BrIN2O3S. The molecule has 0 spiro atoms. The largest absolute Gasteiger partial charge is 0.481 e. The number of thioether (sulfide) groups is 1. The van der Waals surface area contributed by atoms with E-state index < -0.39 is 5.97 Å². The third-order valence-electron chi connectivity index (χ3n) is 1.88. The van der Waals surface area contributed by atoms with Gasteiger partial charge in [0, 0.05) is 8.04 Å². The number of aromatic nitrogens is 2. The molecule has 1 heterocycles. The summed E-state index contributed by atoms with van der Waals surface area (Å²) >= 11 is 6.55. The Balaban J connectivity index is 2.23. The minimum atomic E-state index is -0.920. The highest BCUT2D eigenvalue weighted by molar-refractivity contribution is 14.1. The van der Waals surface area contributed by atoms with Crippen LogP contribution >= 0.6 is 50.3 Å². The fraction of sp³-hybridized carbons (Fsp3) is 0.100. The van der Waals surface area contributed by atoms with Gasteiger partial charge in [0.2, 0.25) is 5.89 Å². The number of halogens is 2. The number of aliphatic carboxylic acids is 1. The third kappa shape index (κ3) is 3.45. The molecule has 0 saturated heterocycles. The van der Waals surface area contributed by atoms with Crippen molar-refractivity contribution in [1.29, 1.82) is 0 Å². The van der Waals surface area contributed by atoms with Crippen LogP contribution in [-0.4, -0.2) is 27.0 Å². The molecule has 2 rings (SSSR count). The van der Waals surface area contributed by atoms with E-state index in [0.29, 0.717) is 5.89 Å². The second-order valence-corrected chi connectivity index (χ2v) is 6.18. The smallest absolute Gasteiger partial charge is 0.314 e. The molecule has 94 valence electrons. The maximum atomic E-state index is 10.4. The number of benzene rings is 1. The Labute approximate surface area is 129 Å². The van der Waals surface area contributed by atoms with E-state index in [-0.39, 0.29) is 11.0 Å². The van der Waals surface area contributed by atoms with Gasteiger partial charge in [-0.1, -0.05) is 27.7 Å². The number of hydrogen-bond donors (Lipinski definition) is 1. The van der Waals surface area contributed by atoms with Crippen LogP contribution in [0.4, 0.5) is 0 Å². The first-order valence-corrected chi connectivity index (χ1v) is 7.55. The number of carboxylic acid groups (broad SMARTS) is 1. The van der Waals surface area contributed by atoms with E-state index in [1.807, 2.05) is 18.2 Å². The van der Waals surface area contributed by atoms with Crippen LogP contribution in [0.5, 0.6) is 0 Å². The lowest BCUT2D eigenvalue weighted by Gasteiger charge is -1.99. The molecule has 2 aromatic rings. The van der Waals surface area contributed by atoms with Crippen LogP contribution in [0.3, 0.4) is 0 Å². The minimum Gasteiger partial charge on any atom is -0.481 e. The molecule has 0 aliphatic rings. The predicted molar refractivity (Wildman–Crippen MR) is 78.5 cm³/mol. The lowest BCUT2D eigenvalue weighted by Crippen LogP contribution is -1.97. The number of carboxylic acids is 1. The molecule has 0 bridgehead atoms. The first kappa shape index (κ1) is 13.8. The topological polar surface area (TPSA) is 76.2 Å². The molecule has 5 nitrogen and oxygen atoms in total. The maximum Gasteiger partial charge on any atom is 0.314 e. The second-order valence-electron chi connectivity index (χ2n) is 3.18. The minimum absolute atomic E-state index is 0.1000. The lowest BCUT2D eigenvalue weighted by atomic mass is 10.2. The molecule has 0 saturated carbocycles. The number of carbonyl (C=O) groups is 1. The van der Waals surface area contributed by atoms with Crippen LogP contribution < -0.4 is 0 Å². The highest BCUT2D eigenvalue weighted by atomic mass is 127. The molecule has 0 radical (unpaired) electrons. The zero-order valence-electron chi connectivity index (χ0n) is 8.76. The SMILES string of the molecule is O=C(O)CSc1nnc(-c2cc(Br)ccc2I)o1. The van der Waals surface area contributed by atoms with Crippen molar-refractivity contribution >= 4 is 56.3 Å². The Hall–Kier alpha value is -0.610. The van der Waals surface area contributed by atoms with Crippen LogP contribution in [0.15, 0.2) is 32.3 Å². The van der Waals surface area contributed by atoms with E-state index in [1.54, 1.807) is 0 Å². The molecule has 0 aliphatic carbocycles. The van der Waals surface area contributed by atoms with E-state index in [4.69, 9.17) is 9.52 Å². The molecule has 1 aromatic heterocycles. The molecule has 0 amide bonds. The maximum absolute atomic E-state index is 10.4. The summed E-state index contributed by atoms with van der Waals surface area (Å²) in [5, 5.41) is 16.5. The normalized spacial score (nSPS) is 10.6. The Kier molecular flexibility index (Phi) is 4.62. The average Bonchev–Trinajstić information content (AvgIpc) is 2.78. The lowest BCUT2D eigenvalue weighted by molar-refractivity contribution is -0.133. The van der Waals surface area contributed by atoms with Crippen LogP contribution in [0.25, 0.3) is 11.5 Å². The standard InChI is InChI=1S/C10H6BrIN2O3S/c11-5-1-2-7(12)6(3-5)9-13-14-10(17-9)18-4-8(15)16/h1-3H,4H2,(H,15,16). The molecular weight excluding hydrogens is 435 g/mol. The Morgan fingerprint density at radius 1 is 1.50 bits per heavy atom. The van der Waals surface area contributed by atoms with Crippen LogP contribution in [0.1, 0.15) is 0 Å². The van der Waals surface area contributed by atoms with Crippen molar-refractivity contribution in [1.82, 2.24) is 10.2 Å². The monoisotopic (exact) mass is 440 g/mol. The summed E-state index contributed by atoms with van der Waals surface area (Å²) in [4.78, 5) is 10.4. The molecule has 18 heavy (non-hydrogen) atoms. The number of nitrogens with zero attached hydrogens (tertiary/aromatic N) is 2. The molecule has 1 aromatic carbocycles. The summed E-state index contributed by atoms with van der Waals surface area (Å²) in [5.74, 6) is -0.637. The van der Waals surface area contributed by atoms with E-state index in [2.05, 4.69) is 48.7 Å². The Morgan fingerprint density at radius 2 is 2.28 bits per heavy atom. The summed E-state index contributed by atoms with van der Waals surface area (Å²) in [6.07, 6.45) is 0. The quantitative estimate of drug-likeness (QED) is 0.580. The molecule has 0 unspecified atom stereocenters. The van der Waals surface area contributed by atoms with Gasteiger partial charge in [-0.15, -0.1) is 10.2 Å². The summed E-state index contributed by atoms with van der Waals surface area (Å²) in [7, 11) is 0. The van der Waals surface area contributed by atoms with Gasteiger partial charge in [-0.05, 0) is 40.8 Å². The fourth-order valence-electron chi connectivity index (χ4n) is 1.16. The van der Waals surface area contributed by atoms with Crippen molar-refractivity contribution in [2.75, 3.05) is 5.75 Å². The molecule has 0 aliphatic heterocycles. The van der Waals surface area contributed by atoms with Gasteiger partial charge < -0.3 is 9.52 Å². The van der Waals surface area contributed by atoms with Crippen molar-refractivity contribution < 1.29 is 14.3 Å². The summed E-state index contributed by atoms with van der Waals surface area (Å²) in [5.41, 5.74) is 0.819. The summed E-state index contributed by atoms with van der Waals surface area (Å²) in [6, 6.07) is 5.72. The van der Waals surface area contributed by atoms with Crippen molar-refractivity contribution in [3.8, 4) is 11.5 Å². The second kappa shape index (κ2) is 6.02. The van der Waals surface area contributed by atoms with Crippen molar-refractivity contribution in [3.63, 3.8) is 0 Å².